The van der Waals surface area contributed by atoms with Gasteiger partial charge in [-0.1, -0.05) is 85.0 Å². The minimum Gasteiger partial charge on any atom is -0.462 e. The Bertz CT molecular complexity index is 426. The predicted octanol–water partition coefficient (Wildman–Crippen LogP) is 6.52. The van der Waals surface area contributed by atoms with Crippen molar-refractivity contribution in [3.05, 3.63) is 11.1 Å². The number of hydrogen-bond donors (Lipinski definition) is 0. The van der Waals surface area contributed by atoms with Gasteiger partial charge in [-0.2, -0.15) is 0 Å². The summed E-state index contributed by atoms with van der Waals surface area (Å²) in [7, 11) is 0. The highest BCUT2D eigenvalue weighted by molar-refractivity contribution is 5.99. The summed E-state index contributed by atoms with van der Waals surface area (Å²) in [5, 5.41) is 0. The fourth-order valence-corrected chi connectivity index (χ4v) is 2.98. The largest absolute Gasteiger partial charge is 0.462 e. The summed E-state index contributed by atoms with van der Waals surface area (Å²) in [6, 6.07) is 0. The van der Waals surface area contributed by atoms with Crippen molar-refractivity contribution in [3.8, 4) is 0 Å². The molecule has 0 aliphatic rings. The summed E-state index contributed by atoms with van der Waals surface area (Å²) in [5.41, 5.74) is 0.824. The molecule has 0 N–H and O–H groups in total. The Labute approximate surface area is 167 Å². The van der Waals surface area contributed by atoms with Crippen LogP contribution in [0, 0.1) is 0 Å². The van der Waals surface area contributed by atoms with Gasteiger partial charge in [-0.05, 0) is 26.2 Å². The molecule has 0 unspecified atom stereocenters. The van der Waals surface area contributed by atoms with Crippen LogP contribution in [0.2, 0.25) is 0 Å². The first-order chi connectivity index (χ1) is 13.1. The molecule has 0 aromatic rings. The molecule has 0 atom stereocenters. The first-order valence-corrected chi connectivity index (χ1v) is 11.1. The summed E-state index contributed by atoms with van der Waals surface area (Å²) >= 11 is 0. The van der Waals surface area contributed by atoms with Gasteiger partial charge in [-0.25, -0.2) is 9.59 Å². The molecule has 0 radical (unpaired) electrons. The number of ether oxygens (including phenoxy) is 2. The minimum absolute atomic E-state index is 0.375. The molecule has 0 fully saturated rings. The van der Waals surface area contributed by atoms with Crippen molar-refractivity contribution in [3.63, 3.8) is 0 Å². The number of esters is 2. The summed E-state index contributed by atoms with van der Waals surface area (Å²) in [6.45, 7) is 8.77. The number of carbonyl (C=O) groups is 2. The van der Waals surface area contributed by atoms with Crippen LogP contribution in [0.4, 0.5) is 0 Å². The molecule has 0 amide bonds. The number of unbranched alkanes of at least 4 members (excludes halogenated alkanes) is 10. The van der Waals surface area contributed by atoms with E-state index < -0.39 is 5.97 Å². The number of rotatable bonds is 17. The lowest BCUT2D eigenvalue weighted by atomic mass is 10.1. The Hall–Kier alpha value is -1.32. The Balaban J connectivity index is 4.13. The third-order valence-corrected chi connectivity index (χ3v) is 4.82. The molecule has 0 aromatic carbocycles. The molecule has 0 aromatic heterocycles. The van der Waals surface area contributed by atoms with E-state index in [-0.39, 0.29) is 5.97 Å². The number of hydrogen-bond acceptors (Lipinski definition) is 4. The first kappa shape index (κ1) is 25.7. The molecule has 0 bridgehead atoms. The zero-order chi connectivity index (χ0) is 20.3. The van der Waals surface area contributed by atoms with Crippen LogP contribution in [0.25, 0.3) is 0 Å². The standard InChI is InChI=1S/C23H42O4/c1-5-8-10-12-14-16-18-26-22(24)20(4)21(7-3)23(25)27-19-17-15-13-11-9-6-2/h5-19H2,1-4H3/b21-20-. The van der Waals surface area contributed by atoms with E-state index >= 15 is 0 Å². The molecular weight excluding hydrogens is 340 g/mol. The van der Waals surface area contributed by atoms with E-state index in [1.165, 1.54) is 51.4 Å². The zero-order valence-corrected chi connectivity index (χ0v) is 18.2. The highest BCUT2D eigenvalue weighted by Gasteiger charge is 2.18. The van der Waals surface area contributed by atoms with Crippen LogP contribution in [-0.4, -0.2) is 25.2 Å². The van der Waals surface area contributed by atoms with E-state index in [9.17, 15) is 9.59 Å². The second-order valence-electron chi connectivity index (χ2n) is 7.26. The molecule has 158 valence electrons. The van der Waals surface area contributed by atoms with E-state index in [0.717, 1.165) is 25.7 Å². The van der Waals surface area contributed by atoms with Crippen LogP contribution in [0.5, 0.6) is 0 Å². The molecule has 0 saturated heterocycles. The maximum atomic E-state index is 12.2. The topological polar surface area (TPSA) is 52.6 Å². The smallest absolute Gasteiger partial charge is 0.334 e. The lowest BCUT2D eigenvalue weighted by Crippen LogP contribution is -2.16. The maximum absolute atomic E-state index is 12.2. The molecule has 0 heterocycles. The Morgan fingerprint density at radius 2 is 1.00 bits per heavy atom. The predicted molar refractivity (Wildman–Crippen MR) is 112 cm³/mol. The minimum atomic E-state index is -0.392. The van der Waals surface area contributed by atoms with Gasteiger partial charge >= 0.3 is 11.9 Å². The van der Waals surface area contributed by atoms with Crippen LogP contribution < -0.4 is 0 Å². The van der Waals surface area contributed by atoms with E-state index in [2.05, 4.69) is 13.8 Å². The van der Waals surface area contributed by atoms with Crippen LogP contribution in [0.1, 0.15) is 111 Å². The highest BCUT2D eigenvalue weighted by Crippen LogP contribution is 2.14. The van der Waals surface area contributed by atoms with Crippen molar-refractivity contribution in [1.82, 2.24) is 0 Å². The Morgan fingerprint density at radius 3 is 1.44 bits per heavy atom. The molecule has 4 heteroatoms. The van der Waals surface area contributed by atoms with Crippen molar-refractivity contribution in [2.24, 2.45) is 0 Å². The van der Waals surface area contributed by atoms with Gasteiger partial charge in [0.05, 0.1) is 13.2 Å². The molecule has 4 nitrogen and oxygen atoms in total. The van der Waals surface area contributed by atoms with Gasteiger partial charge in [0.15, 0.2) is 0 Å². The monoisotopic (exact) mass is 382 g/mol. The van der Waals surface area contributed by atoms with E-state index in [1.807, 2.05) is 6.92 Å². The van der Waals surface area contributed by atoms with Gasteiger partial charge in [0.25, 0.3) is 0 Å². The van der Waals surface area contributed by atoms with Gasteiger partial charge in [0, 0.05) is 11.1 Å². The highest BCUT2D eigenvalue weighted by atomic mass is 16.5. The average Bonchev–Trinajstić information content (AvgIpc) is 2.66. The van der Waals surface area contributed by atoms with Crippen LogP contribution in [-0.2, 0) is 19.1 Å². The normalized spacial score (nSPS) is 11.9. The Kier molecular flexibility index (Phi) is 17.2. The van der Waals surface area contributed by atoms with Crippen molar-refractivity contribution >= 4 is 11.9 Å². The van der Waals surface area contributed by atoms with Gasteiger partial charge in [-0.15, -0.1) is 0 Å². The third kappa shape index (κ3) is 13.5. The molecule has 0 saturated carbocycles. The maximum Gasteiger partial charge on any atom is 0.334 e. The van der Waals surface area contributed by atoms with E-state index in [4.69, 9.17) is 9.47 Å². The lowest BCUT2D eigenvalue weighted by Gasteiger charge is -2.11. The lowest BCUT2D eigenvalue weighted by molar-refractivity contribution is -0.142. The van der Waals surface area contributed by atoms with Gasteiger partial charge in [0.1, 0.15) is 0 Å². The first-order valence-electron chi connectivity index (χ1n) is 11.1. The summed E-state index contributed by atoms with van der Waals surface area (Å²) < 4.78 is 10.7. The second kappa shape index (κ2) is 18.1. The second-order valence-corrected chi connectivity index (χ2v) is 7.26. The zero-order valence-electron chi connectivity index (χ0n) is 18.2. The van der Waals surface area contributed by atoms with E-state index in [0.29, 0.717) is 30.8 Å². The Morgan fingerprint density at radius 1 is 0.593 bits per heavy atom. The molecule has 27 heavy (non-hydrogen) atoms. The van der Waals surface area contributed by atoms with E-state index in [1.54, 1.807) is 6.92 Å². The van der Waals surface area contributed by atoms with Crippen molar-refractivity contribution in [2.75, 3.05) is 13.2 Å². The molecule has 0 aliphatic heterocycles. The fourth-order valence-electron chi connectivity index (χ4n) is 2.98. The quantitative estimate of drug-likeness (QED) is 0.163. The third-order valence-electron chi connectivity index (χ3n) is 4.82. The van der Waals surface area contributed by atoms with Gasteiger partial charge in [0.2, 0.25) is 0 Å². The summed E-state index contributed by atoms with van der Waals surface area (Å²) in [6.07, 6.45) is 14.3. The molecular formula is C23H42O4. The van der Waals surface area contributed by atoms with Gasteiger partial charge in [-0.3, -0.25) is 0 Å². The van der Waals surface area contributed by atoms with Crippen LogP contribution >= 0.6 is 0 Å². The van der Waals surface area contributed by atoms with Crippen LogP contribution in [0.3, 0.4) is 0 Å². The van der Waals surface area contributed by atoms with Crippen molar-refractivity contribution in [2.45, 2.75) is 111 Å². The summed E-state index contributed by atoms with van der Waals surface area (Å²) in [4.78, 5) is 24.4. The fraction of sp³-hybridized carbons (Fsp3) is 0.826. The number of carbonyl (C=O) groups excluding carboxylic acids is 2. The van der Waals surface area contributed by atoms with Crippen molar-refractivity contribution in [1.29, 1.82) is 0 Å². The SMILES string of the molecule is CCCCCCCCOC(=O)/C(C)=C(/CC)C(=O)OCCCCCCCC. The molecule has 0 aliphatic carbocycles. The van der Waals surface area contributed by atoms with Crippen molar-refractivity contribution < 1.29 is 19.1 Å². The van der Waals surface area contributed by atoms with Gasteiger partial charge < -0.3 is 9.47 Å². The molecule has 0 rings (SSSR count). The van der Waals surface area contributed by atoms with Crippen LogP contribution in [0.15, 0.2) is 11.1 Å². The summed E-state index contributed by atoms with van der Waals surface area (Å²) in [5.74, 6) is -0.767. The average molecular weight is 383 g/mol. The molecule has 0 spiro atoms.